The fraction of sp³-hybridized carbons (Fsp3) is 0.462. The van der Waals surface area contributed by atoms with Gasteiger partial charge >= 0.3 is 0 Å². The van der Waals surface area contributed by atoms with Gasteiger partial charge in [0.25, 0.3) is 5.91 Å². The number of benzene rings is 1. The maximum atomic E-state index is 13.9. The quantitative estimate of drug-likeness (QED) is 0.859. The van der Waals surface area contributed by atoms with Gasteiger partial charge in [-0.1, -0.05) is 6.07 Å². The summed E-state index contributed by atoms with van der Waals surface area (Å²) in [6.45, 7) is 3.41. The number of likely N-dealkylation sites (tertiary alicyclic amines) is 1. The van der Waals surface area contributed by atoms with Gasteiger partial charge in [-0.2, -0.15) is 0 Å². The number of amides is 1. The molecule has 2 saturated heterocycles. The van der Waals surface area contributed by atoms with E-state index in [1.165, 1.54) is 0 Å². The molecule has 2 aliphatic heterocycles. The van der Waals surface area contributed by atoms with Crippen LogP contribution in [0.2, 0.25) is 0 Å². The molecule has 0 saturated carbocycles. The molecule has 2 atom stereocenters. The smallest absolute Gasteiger partial charge is 0.256 e. The van der Waals surface area contributed by atoms with Crippen LogP contribution in [0, 0.1) is 17.7 Å². The first-order valence-corrected chi connectivity index (χ1v) is 6.90. The van der Waals surface area contributed by atoms with Crippen LogP contribution in [-0.4, -0.2) is 37.0 Å². The van der Waals surface area contributed by atoms with Crippen molar-refractivity contribution in [2.45, 2.75) is 0 Å². The summed E-state index contributed by atoms with van der Waals surface area (Å²) in [5.41, 5.74) is 0.164. The Labute approximate surface area is 113 Å². The molecule has 1 N–H and O–H groups in total. The lowest BCUT2D eigenvalue weighted by Gasteiger charge is -2.18. The largest absolute Gasteiger partial charge is 0.338 e. The van der Waals surface area contributed by atoms with Crippen LogP contribution in [0.5, 0.6) is 0 Å². The number of nitrogens with one attached hydrogen (secondary N) is 1. The first kappa shape index (κ1) is 12.1. The fourth-order valence-electron chi connectivity index (χ4n) is 2.86. The minimum absolute atomic E-state index is 0.164. The highest BCUT2D eigenvalue weighted by Gasteiger charge is 2.38. The molecule has 0 radical (unpaired) electrons. The number of carbonyl (C=O) groups excluding carboxylic acids is 1. The minimum atomic E-state index is -0.460. The molecule has 0 bridgehead atoms. The molecule has 18 heavy (non-hydrogen) atoms. The molecule has 0 aliphatic carbocycles. The summed E-state index contributed by atoms with van der Waals surface area (Å²) in [6.07, 6.45) is 0. The second kappa shape index (κ2) is 4.63. The molecular weight excluding hydrogens is 299 g/mol. The molecular formula is C13H14BrFN2O. The van der Waals surface area contributed by atoms with E-state index in [9.17, 15) is 9.18 Å². The number of hydrogen-bond donors (Lipinski definition) is 1. The normalized spacial score (nSPS) is 26.4. The lowest BCUT2D eigenvalue weighted by Crippen LogP contribution is -2.32. The second-order valence-corrected chi connectivity index (χ2v) is 5.84. The third kappa shape index (κ3) is 1.95. The molecule has 0 spiro atoms. The van der Waals surface area contributed by atoms with E-state index < -0.39 is 5.82 Å². The molecule has 2 aliphatic rings. The number of carbonyl (C=O) groups is 1. The van der Waals surface area contributed by atoms with Crippen LogP contribution in [0.15, 0.2) is 22.7 Å². The van der Waals surface area contributed by atoms with Gasteiger partial charge in [-0.25, -0.2) is 4.39 Å². The van der Waals surface area contributed by atoms with Gasteiger partial charge in [0.2, 0.25) is 0 Å². The molecule has 3 nitrogen and oxygen atoms in total. The number of fused-ring (bicyclic) bond motifs is 1. The van der Waals surface area contributed by atoms with Gasteiger partial charge in [-0.05, 0) is 39.9 Å². The van der Waals surface area contributed by atoms with Crippen molar-refractivity contribution in [3.63, 3.8) is 0 Å². The average Bonchev–Trinajstić information content (AvgIpc) is 2.92. The molecule has 96 valence electrons. The lowest BCUT2D eigenvalue weighted by molar-refractivity contribution is 0.0777. The van der Waals surface area contributed by atoms with E-state index in [1.807, 2.05) is 0 Å². The third-order valence-corrected chi connectivity index (χ3v) is 4.47. The monoisotopic (exact) mass is 312 g/mol. The van der Waals surface area contributed by atoms with Gasteiger partial charge in [-0.15, -0.1) is 0 Å². The zero-order valence-electron chi connectivity index (χ0n) is 9.83. The Morgan fingerprint density at radius 2 is 2.00 bits per heavy atom. The van der Waals surface area contributed by atoms with E-state index in [0.717, 1.165) is 26.2 Å². The third-order valence-electron chi connectivity index (χ3n) is 3.86. The summed E-state index contributed by atoms with van der Waals surface area (Å²) >= 11 is 3.12. The van der Waals surface area contributed by atoms with Crippen LogP contribution in [0.4, 0.5) is 4.39 Å². The van der Waals surface area contributed by atoms with E-state index >= 15 is 0 Å². The van der Waals surface area contributed by atoms with Crippen molar-refractivity contribution in [3.05, 3.63) is 34.1 Å². The molecule has 1 aromatic carbocycles. The second-order valence-electron chi connectivity index (χ2n) is 4.99. The van der Waals surface area contributed by atoms with Crippen molar-refractivity contribution in [2.75, 3.05) is 26.2 Å². The maximum Gasteiger partial charge on any atom is 0.256 e. The van der Waals surface area contributed by atoms with Crippen molar-refractivity contribution in [1.29, 1.82) is 0 Å². The van der Waals surface area contributed by atoms with E-state index in [4.69, 9.17) is 0 Å². The van der Waals surface area contributed by atoms with Gasteiger partial charge in [0.1, 0.15) is 5.82 Å². The maximum absolute atomic E-state index is 13.9. The van der Waals surface area contributed by atoms with Gasteiger partial charge in [0.05, 0.1) is 10.0 Å². The molecule has 1 amide bonds. The zero-order valence-corrected chi connectivity index (χ0v) is 11.4. The Hall–Kier alpha value is -0.940. The summed E-state index contributed by atoms with van der Waals surface area (Å²) in [5.74, 6) is 0.411. The highest BCUT2D eigenvalue weighted by Crippen LogP contribution is 2.28. The van der Waals surface area contributed by atoms with E-state index in [0.29, 0.717) is 16.3 Å². The summed E-state index contributed by atoms with van der Waals surface area (Å²) in [4.78, 5) is 14.1. The molecule has 2 heterocycles. The fourth-order valence-corrected chi connectivity index (χ4v) is 3.23. The van der Waals surface area contributed by atoms with Crippen LogP contribution >= 0.6 is 15.9 Å². The molecule has 1 aromatic rings. The topological polar surface area (TPSA) is 32.3 Å². The molecule has 5 heteroatoms. The predicted octanol–water partition coefficient (Wildman–Crippen LogP) is 1.88. The summed E-state index contributed by atoms with van der Waals surface area (Å²) < 4.78 is 14.2. The van der Waals surface area contributed by atoms with Crippen molar-refractivity contribution >= 4 is 21.8 Å². The highest BCUT2D eigenvalue weighted by atomic mass is 79.9. The van der Waals surface area contributed by atoms with Crippen molar-refractivity contribution in [1.82, 2.24) is 10.2 Å². The highest BCUT2D eigenvalue weighted by molar-refractivity contribution is 9.10. The number of nitrogens with zero attached hydrogens (tertiary/aromatic N) is 1. The predicted molar refractivity (Wildman–Crippen MR) is 69.9 cm³/mol. The van der Waals surface area contributed by atoms with Crippen LogP contribution < -0.4 is 5.32 Å². The first-order valence-electron chi connectivity index (χ1n) is 6.11. The Kier molecular flexibility index (Phi) is 3.11. The van der Waals surface area contributed by atoms with Gasteiger partial charge < -0.3 is 10.2 Å². The Morgan fingerprint density at radius 1 is 1.33 bits per heavy atom. The van der Waals surface area contributed by atoms with Crippen LogP contribution in [0.25, 0.3) is 0 Å². The Morgan fingerprint density at radius 3 is 2.67 bits per heavy atom. The number of halogens is 2. The van der Waals surface area contributed by atoms with Crippen LogP contribution in [0.1, 0.15) is 10.4 Å². The molecule has 0 unspecified atom stereocenters. The number of rotatable bonds is 1. The number of hydrogen-bond acceptors (Lipinski definition) is 2. The standard InChI is InChI=1S/C13H14BrFN2O/c14-11-3-1-2-10(12(11)15)13(18)17-6-8-4-16-5-9(8)7-17/h1-3,8-9,16H,4-7H2/t8-,9+. The summed E-state index contributed by atoms with van der Waals surface area (Å²) in [6, 6.07) is 4.85. The van der Waals surface area contributed by atoms with Crippen molar-refractivity contribution in [2.24, 2.45) is 11.8 Å². The average molecular weight is 313 g/mol. The minimum Gasteiger partial charge on any atom is -0.338 e. The first-order chi connectivity index (χ1) is 8.66. The molecule has 0 aromatic heterocycles. The van der Waals surface area contributed by atoms with Crippen LogP contribution in [0.3, 0.4) is 0 Å². The summed E-state index contributed by atoms with van der Waals surface area (Å²) in [5, 5.41) is 3.32. The van der Waals surface area contributed by atoms with E-state index in [2.05, 4.69) is 21.2 Å². The lowest BCUT2D eigenvalue weighted by atomic mass is 10.0. The Balaban J connectivity index is 1.81. The molecule has 3 rings (SSSR count). The SMILES string of the molecule is O=C(c1cccc(Br)c1F)N1C[C@H]2CNC[C@H]2C1. The van der Waals surface area contributed by atoms with Crippen molar-refractivity contribution < 1.29 is 9.18 Å². The van der Waals surface area contributed by atoms with Crippen LogP contribution in [-0.2, 0) is 0 Å². The van der Waals surface area contributed by atoms with E-state index in [1.54, 1.807) is 23.1 Å². The van der Waals surface area contributed by atoms with Gasteiger partial charge in [-0.3, -0.25) is 4.79 Å². The van der Waals surface area contributed by atoms with Gasteiger partial charge in [0.15, 0.2) is 0 Å². The van der Waals surface area contributed by atoms with Gasteiger partial charge in [0, 0.05) is 26.2 Å². The van der Waals surface area contributed by atoms with Crippen molar-refractivity contribution in [3.8, 4) is 0 Å². The van der Waals surface area contributed by atoms with E-state index in [-0.39, 0.29) is 11.5 Å². The summed E-state index contributed by atoms with van der Waals surface area (Å²) in [7, 11) is 0. The Bertz CT molecular complexity index is 482. The molecule has 2 fully saturated rings. The zero-order chi connectivity index (χ0) is 12.7.